The van der Waals surface area contributed by atoms with E-state index >= 15 is 0 Å². The number of halogens is 1. The molecule has 0 spiro atoms. The van der Waals surface area contributed by atoms with Crippen molar-refractivity contribution in [2.75, 3.05) is 0 Å². The van der Waals surface area contributed by atoms with Crippen LogP contribution in [0.1, 0.15) is 37.2 Å². The number of carbonyl (C=O) groups is 2. The first-order valence-electron chi connectivity index (χ1n) is 10.7. The second-order valence-corrected chi connectivity index (χ2v) is 9.71. The van der Waals surface area contributed by atoms with Crippen molar-refractivity contribution < 1.29 is 9.59 Å². The van der Waals surface area contributed by atoms with Gasteiger partial charge in [-0.05, 0) is 60.0 Å². The highest BCUT2D eigenvalue weighted by atomic mass is 35.5. The Morgan fingerprint density at radius 2 is 1.65 bits per heavy atom. The molecule has 2 N–H and O–H groups in total. The Morgan fingerprint density at radius 3 is 2.38 bits per heavy atom. The Hall–Kier alpha value is -3.68. The van der Waals surface area contributed by atoms with Gasteiger partial charge in [0.05, 0.1) is 21.3 Å². The number of fused-ring (bicyclic) bond motifs is 1. The highest BCUT2D eigenvalue weighted by Crippen LogP contribution is 2.32. The van der Waals surface area contributed by atoms with E-state index in [9.17, 15) is 14.4 Å². The molecule has 4 aromatic rings. The first-order valence-corrected chi connectivity index (χ1v) is 11.9. The van der Waals surface area contributed by atoms with Gasteiger partial charge in [0.15, 0.2) is 0 Å². The summed E-state index contributed by atoms with van der Waals surface area (Å²) in [6, 6.07) is 22.4. The normalized spacial score (nSPS) is 16.6. The Morgan fingerprint density at radius 1 is 0.882 bits per heavy atom. The monoisotopic (exact) mass is 489 g/mol. The third-order valence-electron chi connectivity index (χ3n) is 5.86. The lowest BCUT2D eigenvalue weighted by atomic mass is 10.1. The number of hydrogen-bond donors (Lipinski definition) is 2. The maximum atomic E-state index is 13.1. The van der Waals surface area contributed by atoms with Gasteiger partial charge in [0, 0.05) is 23.5 Å². The fraction of sp³-hybridized carbons (Fsp3) is 0.115. The molecule has 5 rings (SSSR count). The third-order valence-corrected chi connectivity index (χ3v) is 7.09. The highest BCUT2D eigenvalue weighted by Gasteiger charge is 2.35. The van der Waals surface area contributed by atoms with E-state index in [0.29, 0.717) is 26.9 Å². The number of aromatic nitrogens is 1. The number of carbonyl (C=O) groups excluding carboxylic acids is 2. The number of nitrogens with one attached hydrogen (secondary N) is 2. The molecule has 0 saturated heterocycles. The number of hydrogen-bond acceptors (Lipinski definition) is 4. The molecular weight excluding hydrogens is 470 g/mol. The maximum absolute atomic E-state index is 13.1. The quantitative estimate of drug-likeness (QED) is 0.436. The average molecular weight is 490 g/mol. The standard InChI is InChI=1S/C26H20ClN3O3S/c27-22-13-12-21(34-22)26(33)29-24-19-6-2-1-5-17(19)15-20(24)28-25(32)16-8-10-18(11-9-16)30-14-4-3-7-23(30)31/h1-14,20,24H,15H2,(H,28,32)(H,29,33)/t20-,24+/m1/s1. The molecule has 1 aliphatic carbocycles. The molecular formula is C26H20ClN3O3S. The lowest BCUT2D eigenvalue weighted by molar-refractivity contribution is 0.0890. The van der Waals surface area contributed by atoms with E-state index < -0.39 is 0 Å². The summed E-state index contributed by atoms with van der Waals surface area (Å²) in [7, 11) is 0. The minimum absolute atomic E-state index is 0.144. The molecule has 0 bridgehead atoms. The molecule has 170 valence electrons. The van der Waals surface area contributed by atoms with E-state index in [0.717, 1.165) is 11.1 Å². The van der Waals surface area contributed by atoms with E-state index in [1.807, 2.05) is 24.3 Å². The zero-order valence-electron chi connectivity index (χ0n) is 17.9. The van der Waals surface area contributed by atoms with Crippen molar-refractivity contribution in [1.29, 1.82) is 0 Å². The number of rotatable bonds is 5. The fourth-order valence-electron chi connectivity index (χ4n) is 4.22. The van der Waals surface area contributed by atoms with Gasteiger partial charge in [0.25, 0.3) is 17.4 Å². The van der Waals surface area contributed by atoms with Crippen molar-refractivity contribution in [3.8, 4) is 5.69 Å². The van der Waals surface area contributed by atoms with Crippen LogP contribution in [0.25, 0.3) is 5.69 Å². The minimum atomic E-state index is -0.365. The first kappa shape index (κ1) is 22.1. The molecule has 1 aliphatic rings. The Labute approximate surface area is 204 Å². The molecule has 2 atom stereocenters. The van der Waals surface area contributed by atoms with Gasteiger partial charge in [-0.1, -0.05) is 41.9 Å². The molecule has 0 saturated carbocycles. The van der Waals surface area contributed by atoms with Crippen molar-refractivity contribution in [2.45, 2.75) is 18.5 Å². The van der Waals surface area contributed by atoms with E-state index in [1.54, 1.807) is 54.7 Å². The van der Waals surface area contributed by atoms with E-state index in [1.165, 1.54) is 22.0 Å². The molecule has 2 aromatic heterocycles. The van der Waals surface area contributed by atoms with Crippen LogP contribution in [0.4, 0.5) is 0 Å². The molecule has 0 aliphatic heterocycles. The number of pyridine rings is 1. The molecule has 2 amide bonds. The second-order valence-electron chi connectivity index (χ2n) is 7.99. The summed E-state index contributed by atoms with van der Waals surface area (Å²) in [4.78, 5) is 38.5. The molecule has 0 radical (unpaired) electrons. The predicted octanol–water partition coefficient (Wildman–Crippen LogP) is 4.38. The van der Waals surface area contributed by atoms with E-state index in [2.05, 4.69) is 10.6 Å². The Balaban J connectivity index is 1.35. The van der Waals surface area contributed by atoms with Gasteiger partial charge >= 0.3 is 0 Å². The number of amides is 2. The predicted molar refractivity (Wildman–Crippen MR) is 133 cm³/mol. The molecule has 2 aromatic carbocycles. The van der Waals surface area contributed by atoms with E-state index in [4.69, 9.17) is 11.6 Å². The van der Waals surface area contributed by atoms with Crippen LogP contribution in [0.3, 0.4) is 0 Å². The number of thiophene rings is 1. The summed E-state index contributed by atoms with van der Waals surface area (Å²) in [5.41, 5.74) is 3.08. The molecule has 6 nitrogen and oxygen atoms in total. The molecule has 8 heteroatoms. The summed E-state index contributed by atoms with van der Waals surface area (Å²) in [5, 5.41) is 6.15. The summed E-state index contributed by atoms with van der Waals surface area (Å²) in [6.07, 6.45) is 2.29. The van der Waals surface area contributed by atoms with Crippen molar-refractivity contribution in [1.82, 2.24) is 15.2 Å². The van der Waals surface area contributed by atoms with Gasteiger partial charge < -0.3 is 10.6 Å². The zero-order chi connectivity index (χ0) is 23.7. The molecule has 0 unspecified atom stereocenters. The molecule has 34 heavy (non-hydrogen) atoms. The summed E-state index contributed by atoms with van der Waals surface area (Å²) in [6.45, 7) is 0. The smallest absolute Gasteiger partial charge is 0.261 e. The first-order chi connectivity index (χ1) is 16.5. The van der Waals surface area contributed by atoms with Crippen molar-refractivity contribution in [3.05, 3.63) is 121 Å². The highest BCUT2D eigenvalue weighted by molar-refractivity contribution is 7.18. The third kappa shape index (κ3) is 4.40. The Bertz CT molecular complexity index is 1430. The van der Waals surface area contributed by atoms with Crippen LogP contribution in [-0.2, 0) is 6.42 Å². The topological polar surface area (TPSA) is 80.2 Å². The SMILES string of the molecule is O=C(N[C@@H]1Cc2ccccc2[C@@H]1NC(=O)c1ccc(Cl)s1)c1ccc(-n2ccccc2=O)cc1. The summed E-state index contributed by atoms with van der Waals surface area (Å²) in [5.74, 6) is -0.473. The van der Waals surface area contributed by atoms with Gasteiger partial charge in [-0.3, -0.25) is 19.0 Å². The van der Waals surface area contributed by atoms with Crippen LogP contribution in [0, 0.1) is 0 Å². The summed E-state index contributed by atoms with van der Waals surface area (Å²) >= 11 is 7.20. The van der Waals surface area contributed by atoms with Crippen LogP contribution in [0.15, 0.2) is 89.9 Å². The second kappa shape index (κ2) is 9.29. The average Bonchev–Trinajstić information content (AvgIpc) is 3.43. The van der Waals surface area contributed by atoms with Crippen molar-refractivity contribution in [2.24, 2.45) is 0 Å². The van der Waals surface area contributed by atoms with Crippen LogP contribution in [0.2, 0.25) is 4.34 Å². The lowest BCUT2D eigenvalue weighted by Crippen LogP contribution is -2.44. The van der Waals surface area contributed by atoms with Crippen molar-refractivity contribution >= 4 is 34.8 Å². The number of benzene rings is 2. The fourth-order valence-corrected chi connectivity index (χ4v) is 5.17. The minimum Gasteiger partial charge on any atom is -0.347 e. The van der Waals surface area contributed by atoms with Gasteiger partial charge in [0.2, 0.25) is 0 Å². The molecule has 2 heterocycles. The van der Waals surface area contributed by atoms with Gasteiger partial charge in [-0.15, -0.1) is 11.3 Å². The van der Waals surface area contributed by atoms with Crippen molar-refractivity contribution in [3.63, 3.8) is 0 Å². The Kier molecular flexibility index (Phi) is 6.04. The maximum Gasteiger partial charge on any atom is 0.261 e. The van der Waals surface area contributed by atoms with Gasteiger partial charge in [0.1, 0.15) is 0 Å². The van der Waals surface area contributed by atoms with Crippen LogP contribution in [0.5, 0.6) is 0 Å². The largest absolute Gasteiger partial charge is 0.347 e. The van der Waals surface area contributed by atoms with Gasteiger partial charge in [-0.2, -0.15) is 0 Å². The number of nitrogens with zero attached hydrogens (tertiary/aromatic N) is 1. The lowest BCUT2D eigenvalue weighted by Gasteiger charge is -2.23. The van der Waals surface area contributed by atoms with Gasteiger partial charge in [-0.25, -0.2) is 0 Å². The van der Waals surface area contributed by atoms with Crippen LogP contribution >= 0.6 is 22.9 Å². The van der Waals surface area contributed by atoms with E-state index in [-0.39, 0.29) is 29.5 Å². The molecule has 0 fully saturated rings. The van der Waals surface area contributed by atoms with Crippen LogP contribution < -0.4 is 16.2 Å². The zero-order valence-corrected chi connectivity index (χ0v) is 19.5. The summed E-state index contributed by atoms with van der Waals surface area (Å²) < 4.78 is 2.06. The van der Waals surface area contributed by atoms with Crippen LogP contribution in [-0.4, -0.2) is 22.4 Å².